The Bertz CT molecular complexity index is 3440. The van der Waals surface area contributed by atoms with Gasteiger partial charge in [-0.1, -0.05) is 122 Å². The fraction of sp³-hybridized carbons (Fsp3) is 0.0545. The van der Waals surface area contributed by atoms with Gasteiger partial charge in [0, 0.05) is 50.1 Å². The lowest BCUT2D eigenvalue weighted by Gasteiger charge is -2.33. The molecule has 1 aliphatic carbocycles. The average Bonchev–Trinajstić information content (AvgIpc) is 3.93. The standard InChI is InChI=1S/C55H37N3O/c1-34-12-9-21-50-53(34)43-18-11-23-52-54(43)58(50)51-22-10-17-40(55(51)59-52)35-24-28-39(29-25-35)57-47-20-8-6-16-42(47)45-33-37(27-31-49(45)57)36-26-30-48-44(32-36)41-15-5-7-19-46(41)56(48)38-13-3-2-4-14-38/h2-34,53H,1H3. The van der Waals surface area contributed by atoms with Crippen molar-refractivity contribution in [1.29, 1.82) is 0 Å². The minimum absolute atomic E-state index is 0.325. The first-order chi connectivity index (χ1) is 29.2. The minimum Gasteiger partial charge on any atom is -0.452 e. The normalized spacial score (nSPS) is 16.4. The number of ether oxygens (including phenoxy) is 1. The van der Waals surface area contributed by atoms with Crippen molar-refractivity contribution >= 4 is 55.0 Å². The molecule has 8 aromatic carbocycles. The monoisotopic (exact) mass is 755 g/mol. The van der Waals surface area contributed by atoms with E-state index >= 15 is 0 Å². The van der Waals surface area contributed by atoms with Gasteiger partial charge < -0.3 is 18.8 Å². The predicted molar refractivity (Wildman–Crippen MR) is 244 cm³/mol. The van der Waals surface area contributed by atoms with E-state index in [-0.39, 0.29) is 0 Å². The highest BCUT2D eigenvalue weighted by Crippen LogP contribution is 2.61. The molecule has 10 aromatic rings. The molecular weight excluding hydrogens is 719 g/mol. The maximum absolute atomic E-state index is 6.83. The molecule has 4 heteroatoms. The molecule has 4 nitrogen and oxygen atoms in total. The predicted octanol–water partition coefficient (Wildman–Crippen LogP) is 14.6. The molecule has 0 N–H and O–H groups in total. The largest absolute Gasteiger partial charge is 0.452 e. The Labute approximate surface area is 341 Å². The lowest BCUT2D eigenvalue weighted by molar-refractivity contribution is 0.478. The molecule has 0 radical (unpaired) electrons. The molecule has 2 aromatic heterocycles. The van der Waals surface area contributed by atoms with Crippen molar-refractivity contribution < 1.29 is 4.74 Å². The second-order valence-electron chi connectivity index (χ2n) is 16.1. The molecule has 13 rings (SSSR count). The fourth-order valence-corrected chi connectivity index (χ4v) is 10.3. The van der Waals surface area contributed by atoms with E-state index in [9.17, 15) is 0 Å². The van der Waals surface area contributed by atoms with Crippen molar-refractivity contribution in [3.8, 4) is 45.1 Å². The van der Waals surface area contributed by atoms with Gasteiger partial charge in [0.2, 0.25) is 0 Å². The maximum Gasteiger partial charge on any atom is 0.159 e. The number of aromatic nitrogens is 2. The SMILES string of the molecule is CC1C=CC=C2C1c1cccc3c1N2c1cccc(-c2ccc(-n4c5ccccc5c5cc(-c6ccc7c(c6)c6ccccc6n7-c6ccccc6)ccc54)cc2)c1O3. The molecule has 0 spiro atoms. The van der Waals surface area contributed by atoms with Crippen LogP contribution in [0.5, 0.6) is 11.5 Å². The highest BCUT2D eigenvalue weighted by molar-refractivity contribution is 6.12. The first-order valence-corrected chi connectivity index (χ1v) is 20.5. The van der Waals surface area contributed by atoms with Crippen molar-refractivity contribution in [2.24, 2.45) is 5.92 Å². The summed E-state index contributed by atoms with van der Waals surface area (Å²) in [4.78, 5) is 2.44. The van der Waals surface area contributed by atoms with Gasteiger partial charge in [-0.15, -0.1) is 0 Å². The van der Waals surface area contributed by atoms with Gasteiger partial charge in [0.25, 0.3) is 0 Å². The van der Waals surface area contributed by atoms with Crippen LogP contribution in [0.3, 0.4) is 0 Å². The van der Waals surface area contributed by atoms with Crippen molar-refractivity contribution in [3.05, 3.63) is 205 Å². The number of benzene rings is 8. The Morgan fingerprint density at radius 1 is 0.492 bits per heavy atom. The first-order valence-electron chi connectivity index (χ1n) is 20.5. The van der Waals surface area contributed by atoms with E-state index in [4.69, 9.17) is 4.74 Å². The van der Waals surface area contributed by atoms with Crippen LogP contribution in [0.25, 0.3) is 77.2 Å². The van der Waals surface area contributed by atoms with E-state index in [0.29, 0.717) is 11.8 Å². The molecule has 2 aliphatic heterocycles. The zero-order valence-electron chi connectivity index (χ0n) is 32.4. The van der Waals surface area contributed by atoms with Gasteiger partial charge >= 0.3 is 0 Å². The molecule has 4 heterocycles. The summed E-state index contributed by atoms with van der Waals surface area (Å²) in [5, 5.41) is 4.99. The molecule has 278 valence electrons. The van der Waals surface area contributed by atoms with Crippen LogP contribution in [0.15, 0.2) is 200 Å². The van der Waals surface area contributed by atoms with Crippen LogP contribution in [0.4, 0.5) is 11.4 Å². The van der Waals surface area contributed by atoms with E-state index in [1.54, 1.807) is 0 Å². The van der Waals surface area contributed by atoms with Crippen LogP contribution in [0.1, 0.15) is 18.4 Å². The highest BCUT2D eigenvalue weighted by atomic mass is 16.5. The van der Waals surface area contributed by atoms with Gasteiger partial charge in [0.1, 0.15) is 0 Å². The smallest absolute Gasteiger partial charge is 0.159 e. The van der Waals surface area contributed by atoms with Crippen LogP contribution < -0.4 is 9.64 Å². The summed E-state index contributed by atoms with van der Waals surface area (Å²) < 4.78 is 11.6. The van der Waals surface area contributed by atoms with Crippen LogP contribution in [-0.2, 0) is 0 Å². The molecule has 0 amide bonds. The van der Waals surface area contributed by atoms with Crippen LogP contribution in [0, 0.1) is 5.92 Å². The van der Waals surface area contributed by atoms with Crippen molar-refractivity contribution in [1.82, 2.24) is 9.13 Å². The molecule has 59 heavy (non-hydrogen) atoms. The van der Waals surface area contributed by atoms with E-state index < -0.39 is 0 Å². The molecule has 0 saturated heterocycles. The van der Waals surface area contributed by atoms with E-state index in [0.717, 1.165) is 34.0 Å². The first kappa shape index (κ1) is 32.5. The number of nitrogens with zero attached hydrogens (tertiary/aromatic N) is 3. The van der Waals surface area contributed by atoms with Crippen LogP contribution in [-0.4, -0.2) is 9.13 Å². The van der Waals surface area contributed by atoms with E-state index in [1.165, 1.54) is 77.4 Å². The summed E-state index contributed by atoms with van der Waals surface area (Å²) in [6.07, 6.45) is 6.81. The third-order valence-corrected chi connectivity index (χ3v) is 12.9. The zero-order valence-corrected chi connectivity index (χ0v) is 32.4. The Balaban J connectivity index is 0.900. The second kappa shape index (κ2) is 12.2. The fourth-order valence-electron chi connectivity index (χ4n) is 10.3. The molecule has 0 fully saturated rings. The van der Waals surface area contributed by atoms with Gasteiger partial charge in [0.05, 0.1) is 33.4 Å². The summed E-state index contributed by atoms with van der Waals surface area (Å²) in [7, 11) is 0. The minimum atomic E-state index is 0.325. The molecule has 2 atom stereocenters. The van der Waals surface area contributed by atoms with Gasteiger partial charge in [-0.25, -0.2) is 0 Å². The van der Waals surface area contributed by atoms with Gasteiger partial charge in [-0.05, 0) is 107 Å². The summed E-state index contributed by atoms with van der Waals surface area (Å²) in [6.45, 7) is 2.31. The Kier molecular flexibility index (Phi) is 6.74. The van der Waals surface area contributed by atoms with Crippen LogP contribution >= 0.6 is 0 Å². The van der Waals surface area contributed by atoms with Gasteiger partial charge in [-0.3, -0.25) is 0 Å². The lowest BCUT2D eigenvalue weighted by Crippen LogP contribution is -2.20. The number of allylic oxidation sites excluding steroid dienone is 4. The number of hydrogen-bond acceptors (Lipinski definition) is 2. The molecule has 2 unspecified atom stereocenters. The average molecular weight is 756 g/mol. The summed E-state index contributed by atoms with van der Waals surface area (Å²) >= 11 is 0. The third-order valence-electron chi connectivity index (χ3n) is 12.9. The lowest BCUT2D eigenvalue weighted by atomic mass is 9.84. The second-order valence-corrected chi connectivity index (χ2v) is 16.1. The zero-order chi connectivity index (χ0) is 38.8. The van der Waals surface area contributed by atoms with Crippen LogP contribution in [0.2, 0.25) is 0 Å². The van der Waals surface area contributed by atoms with E-state index in [1.807, 2.05) is 0 Å². The maximum atomic E-state index is 6.83. The number of anilines is 2. The summed E-state index contributed by atoms with van der Waals surface area (Å²) in [5.41, 5.74) is 16.7. The number of fused-ring (bicyclic) bond motifs is 11. The van der Waals surface area contributed by atoms with E-state index in [2.05, 4.69) is 215 Å². The quantitative estimate of drug-likeness (QED) is 0.178. The number of hydrogen-bond donors (Lipinski definition) is 0. The Hall–Kier alpha value is -7.56. The molecule has 0 bridgehead atoms. The molecule has 3 aliphatic rings. The number of para-hydroxylation sites is 5. The van der Waals surface area contributed by atoms with Crippen molar-refractivity contribution in [2.75, 3.05) is 4.90 Å². The van der Waals surface area contributed by atoms with Crippen molar-refractivity contribution in [3.63, 3.8) is 0 Å². The van der Waals surface area contributed by atoms with Crippen molar-refractivity contribution in [2.45, 2.75) is 12.8 Å². The third kappa shape index (κ3) is 4.60. The molecule has 0 saturated carbocycles. The molecular formula is C55H37N3O. The number of rotatable bonds is 4. The van der Waals surface area contributed by atoms with Gasteiger partial charge in [-0.2, -0.15) is 0 Å². The Morgan fingerprint density at radius 3 is 1.78 bits per heavy atom. The topological polar surface area (TPSA) is 22.3 Å². The Morgan fingerprint density at radius 2 is 1.08 bits per heavy atom. The highest BCUT2D eigenvalue weighted by Gasteiger charge is 2.43. The van der Waals surface area contributed by atoms with Gasteiger partial charge in [0.15, 0.2) is 11.5 Å². The summed E-state index contributed by atoms with van der Waals surface area (Å²) in [5.74, 6) is 2.57. The summed E-state index contributed by atoms with van der Waals surface area (Å²) in [6, 6.07) is 64.1.